The molecule has 0 fully saturated rings. The van der Waals surface area contributed by atoms with E-state index >= 15 is 0 Å². The average Bonchev–Trinajstić information content (AvgIpc) is 3.82. The third-order valence-electron chi connectivity index (χ3n) is 8.76. The molecule has 0 bridgehead atoms. The number of aromatic hydroxyl groups is 1. The predicted octanol–water partition coefficient (Wildman–Crippen LogP) is 7.05. The molecular formula is C40H38FN5O5. The number of phenols is 1. The number of oxime groups is 1. The number of hydrogen-bond acceptors (Lipinski definition) is 7. The second-order valence-electron chi connectivity index (χ2n) is 12.1. The predicted molar refractivity (Wildman–Crippen MR) is 196 cm³/mol. The Labute approximate surface area is 294 Å². The first-order valence-corrected chi connectivity index (χ1v) is 16.8. The number of hydrogen-bond donors (Lipinski definition) is 4. The van der Waals surface area contributed by atoms with Crippen LogP contribution >= 0.6 is 0 Å². The van der Waals surface area contributed by atoms with Gasteiger partial charge >= 0.3 is 5.97 Å². The van der Waals surface area contributed by atoms with Gasteiger partial charge in [-0.05, 0) is 67.3 Å². The largest absolute Gasteiger partial charge is 0.507 e. The quantitative estimate of drug-likeness (QED) is 0.0973. The van der Waals surface area contributed by atoms with Gasteiger partial charge in [0.25, 0.3) is 0 Å². The molecule has 4 aromatic carbocycles. The van der Waals surface area contributed by atoms with Crippen molar-refractivity contribution in [1.82, 2.24) is 15.3 Å². The fourth-order valence-corrected chi connectivity index (χ4v) is 5.90. The van der Waals surface area contributed by atoms with Crippen molar-refractivity contribution in [2.75, 3.05) is 24.5 Å². The summed E-state index contributed by atoms with van der Waals surface area (Å²) in [6.45, 7) is 6.18. The molecule has 0 saturated carbocycles. The Bertz CT molecular complexity index is 2070. The summed E-state index contributed by atoms with van der Waals surface area (Å²) in [6, 6.07) is 26.9. The minimum Gasteiger partial charge on any atom is -0.507 e. The lowest BCUT2D eigenvalue weighted by atomic mass is 10.00. The summed E-state index contributed by atoms with van der Waals surface area (Å²) >= 11 is 0. The van der Waals surface area contributed by atoms with E-state index in [-0.39, 0.29) is 23.9 Å². The number of amides is 1. The van der Waals surface area contributed by atoms with Crippen LogP contribution in [0.15, 0.2) is 102 Å². The van der Waals surface area contributed by atoms with Gasteiger partial charge in [0.05, 0.1) is 22.7 Å². The number of carboxylic acids is 1. The minimum absolute atomic E-state index is 0.102. The zero-order chi connectivity index (χ0) is 35.9. The van der Waals surface area contributed by atoms with Gasteiger partial charge in [-0.25, -0.2) is 14.2 Å². The highest BCUT2D eigenvalue weighted by Gasteiger charge is 2.28. The Morgan fingerprint density at radius 1 is 0.961 bits per heavy atom. The number of carbonyl (C=O) groups excluding carboxylic acids is 1. The Balaban J connectivity index is 1.24. The van der Waals surface area contributed by atoms with Crippen molar-refractivity contribution in [1.29, 1.82) is 0 Å². The fraction of sp³-hybridized carbons (Fsp3) is 0.200. The molecule has 0 radical (unpaired) electrons. The van der Waals surface area contributed by atoms with E-state index in [0.29, 0.717) is 35.8 Å². The molecule has 10 nitrogen and oxygen atoms in total. The van der Waals surface area contributed by atoms with Crippen molar-refractivity contribution in [2.24, 2.45) is 5.16 Å². The van der Waals surface area contributed by atoms with Crippen molar-refractivity contribution in [2.45, 2.75) is 32.8 Å². The maximum Gasteiger partial charge on any atom is 0.348 e. The number of phenolic OH excluding ortho intramolecular Hbond substituents is 1. The lowest BCUT2D eigenvalue weighted by molar-refractivity contribution is -0.148. The summed E-state index contributed by atoms with van der Waals surface area (Å²) in [6.07, 6.45) is 2.98. The molecule has 1 aliphatic rings. The van der Waals surface area contributed by atoms with Crippen LogP contribution in [0.1, 0.15) is 37.0 Å². The molecule has 0 saturated heterocycles. The summed E-state index contributed by atoms with van der Waals surface area (Å²) in [4.78, 5) is 39.4. The van der Waals surface area contributed by atoms with Crippen LogP contribution in [0.5, 0.6) is 5.75 Å². The number of carboxylic acid groups (broad SMARTS) is 1. The third-order valence-corrected chi connectivity index (χ3v) is 8.76. The highest BCUT2D eigenvalue weighted by molar-refractivity contribution is 6.03. The summed E-state index contributed by atoms with van der Waals surface area (Å²) in [7, 11) is 0. The number of benzene rings is 4. The Morgan fingerprint density at radius 3 is 2.29 bits per heavy atom. The van der Waals surface area contributed by atoms with Crippen molar-refractivity contribution < 1.29 is 29.0 Å². The first-order valence-electron chi connectivity index (χ1n) is 16.8. The fourth-order valence-electron chi connectivity index (χ4n) is 5.90. The van der Waals surface area contributed by atoms with Gasteiger partial charge in [-0.3, -0.25) is 4.79 Å². The summed E-state index contributed by atoms with van der Waals surface area (Å²) < 4.78 is 13.1. The lowest BCUT2D eigenvalue weighted by Crippen LogP contribution is -2.23. The second kappa shape index (κ2) is 15.5. The van der Waals surface area contributed by atoms with Crippen LogP contribution in [0.2, 0.25) is 0 Å². The molecule has 0 aliphatic carbocycles. The van der Waals surface area contributed by atoms with E-state index in [1.807, 2.05) is 60.7 Å². The third kappa shape index (κ3) is 8.16. The van der Waals surface area contributed by atoms with Gasteiger partial charge in [0.15, 0.2) is 0 Å². The van der Waals surface area contributed by atoms with Gasteiger partial charge in [0.1, 0.15) is 17.4 Å². The molecule has 1 unspecified atom stereocenters. The van der Waals surface area contributed by atoms with Crippen LogP contribution in [0.3, 0.4) is 0 Å². The highest BCUT2D eigenvalue weighted by Crippen LogP contribution is 2.37. The van der Waals surface area contributed by atoms with Crippen LogP contribution in [0.25, 0.3) is 40.0 Å². The van der Waals surface area contributed by atoms with E-state index in [4.69, 9.17) is 9.82 Å². The van der Waals surface area contributed by atoms with Crippen molar-refractivity contribution >= 4 is 29.4 Å². The van der Waals surface area contributed by atoms with Crippen molar-refractivity contribution in [3.05, 3.63) is 120 Å². The van der Waals surface area contributed by atoms with Gasteiger partial charge in [-0.2, -0.15) is 0 Å². The first-order chi connectivity index (χ1) is 24.7. The molecule has 1 atom stereocenters. The summed E-state index contributed by atoms with van der Waals surface area (Å²) in [5, 5.41) is 27.2. The molecule has 51 heavy (non-hydrogen) atoms. The van der Waals surface area contributed by atoms with Crippen LogP contribution in [-0.2, 0) is 20.8 Å². The lowest BCUT2D eigenvalue weighted by Gasteiger charge is -2.21. The smallest absolute Gasteiger partial charge is 0.348 e. The first kappa shape index (κ1) is 34.6. The number of H-pyrrole nitrogens is 1. The Hall–Kier alpha value is -6.23. The number of carbonyl (C=O) groups is 2. The summed E-state index contributed by atoms with van der Waals surface area (Å²) in [5.74, 6) is -0.988. The molecule has 5 aromatic rings. The van der Waals surface area contributed by atoms with E-state index in [2.05, 4.69) is 34.2 Å². The number of aliphatic carboxylic acids is 1. The zero-order valence-electron chi connectivity index (χ0n) is 28.3. The molecule has 1 aromatic heterocycles. The van der Waals surface area contributed by atoms with Gasteiger partial charge < -0.3 is 30.3 Å². The monoisotopic (exact) mass is 687 g/mol. The maximum atomic E-state index is 13.1. The van der Waals surface area contributed by atoms with Crippen LogP contribution in [-0.4, -0.2) is 63.5 Å². The van der Waals surface area contributed by atoms with Crippen molar-refractivity contribution in [3.8, 4) is 39.7 Å². The zero-order valence-corrected chi connectivity index (χ0v) is 28.3. The molecule has 11 heteroatoms. The number of nitrogens with zero attached hydrogens (tertiary/aromatic N) is 3. The normalized spacial score (nSPS) is 13.9. The maximum absolute atomic E-state index is 13.1. The number of aromatic amines is 1. The SMILES string of the molecule is CCN(CC)c1ccc(-c2nc(-c3ccc(C4=NOC(C(=O)O)C4)cc3)c(-c3ccc(C=CC(=O)NCCc4ccc(F)cc4)cc3)[nH]2)c(O)c1. The second-order valence-corrected chi connectivity index (χ2v) is 12.1. The highest BCUT2D eigenvalue weighted by atomic mass is 19.1. The van der Waals surface area contributed by atoms with E-state index in [0.717, 1.165) is 52.3 Å². The molecule has 4 N–H and O–H groups in total. The number of imidazole rings is 1. The summed E-state index contributed by atoms with van der Waals surface area (Å²) in [5.41, 5.74) is 7.55. The van der Waals surface area contributed by atoms with Gasteiger partial charge in [0, 0.05) is 55.0 Å². The van der Waals surface area contributed by atoms with E-state index < -0.39 is 12.1 Å². The molecule has 2 heterocycles. The molecule has 0 spiro atoms. The Kier molecular flexibility index (Phi) is 10.6. The van der Waals surface area contributed by atoms with Crippen LogP contribution < -0.4 is 10.2 Å². The number of halogens is 1. The van der Waals surface area contributed by atoms with Gasteiger partial charge in [0.2, 0.25) is 12.0 Å². The van der Waals surface area contributed by atoms with E-state index in [1.165, 1.54) is 18.2 Å². The standard InChI is InChI=1S/C40H38FN5O5/c1-3-46(4-2)31-18-19-32(34(47)23-31)39-43-37(38(44-39)29-14-12-27(13-15-29)33-24-35(40(49)50)51-45-33)28-10-5-25(6-11-28)9-20-36(48)42-22-21-26-7-16-30(41)17-8-26/h5-20,23,35,47H,3-4,21-22,24H2,1-2H3,(H,42,48)(H,43,44)(H,49,50). The van der Waals surface area contributed by atoms with Crippen LogP contribution in [0, 0.1) is 5.82 Å². The molecular weight excluding hydrogens is 649 g/mol. The molecule has 1 aliphatic heterocycles. The number of nitrogens with one attached hydrogen (secondary N) is 2. The van der Waals surface area contributed by atoms with Gasteiger partial charge in [-0.15, -0.1) is 0 Å². The minimum atomic E-state index is -1.06. The topological polar surface area (TPSA) is 140 Å². The number of aromatic nitrogens is 2. The van der Waals surface area contributed by atoms with E-state index in [9.17, 15) is 24.2 Å². The molecule has 6 rings (SSSR count). The van der Waals surface area contributed by atoms with Gasteiger partial charge in [-0.1, -0.05) is 65.8 Å². The van der Waals surface area contributed by atoms with E-state index in [1.54, 1.807) is 24.3 Å². The Morgan fingerprint density at radius 2 is 1.65 bits per heavy atom. The van der Waals surface area contributed by atoms with Crippen molar-refractivity contribution in [3.63, 3.8) is 0 Å². The average molecular weight is 688 g/mol. The molecule has 1 amide bonds. The van der Waals surface area contributed by atoms with Crippen LogP contribution in [0.4, 0.5) is 10.1 Å². The number of anilines is 1. The number of rotatable bonds is 13. The molecule has 260 valence electrons.